The molecule has 0 heterocycles. The minimum absolute atomic E-state index is 0.0959. The number of nitrogens with one attached hydrogen (secondary N) is 1. The molecule has 3 rings (SSSR count). The highest BCUT2D eigenvalue weighted by atomic mass is 16.5. The molecule has 1 saturated carbocycles. The van der Waals surface area contributed by atoms with Gasteiger partial charge in [0.25, 0.3) is 0 Å². The van der Waals surface area contributed by atoms with Crippen LogP contribution in [0.15, 0.2) is 48.5 Å². The highest BCUT2D eigenvalue weighted by molar-refractivity contribution is 5.89. The van der Waals surface area contributed by atoms with E-state index >= 15 is 0 Å². The molecule has 1 aliphatic carbocycles. The number of carbonyl (C=O) groups excluding carboxylic acids is 1. The standard InChI is InChI=1S/C22H27NO3/c1-16(19-15-18(25-2)11-12-20(19)26-3)23-21(24)22(13-7-8-14-22)17-9-5-4-6-10-17/h4-6,9-12,15-16H,7-8,13-14H2,1-3H3,(H,23,24). The first-order chi connectivity index (χ1) is 12.6. The van der Waals surface area contributed by atoms with E-state index in [1.807, 2.05) is 43.3 Å². The zero-order valence-corrected chi connectivity index (χ0v) is 15.7. The number of rotatable bonds is 6. The van der Waals surface area contributed by atoms with Gasteiger partial charge in [-0.3, -0.25) is 4.79 Å². The number of hydrogen-bond acceptors (Lipinski definition) is 3. The van der Waals surface area contributed by atoms with Crippen molar-refractivity contribution >= 4 is 5.91 Å². The van der Waals surface area contributed by atoms with E-state index in [1.54, 1.807) is 14.2 Å². The van der Waals surface area contributed by atoms with E-state index in [0.717, 1.165) is 48.3 Å². The van der Waals surface area contributed by atoms with Crippen LogP contribution in [0.1, 0.15) is 49.8 Å². The van der Waals surface area contributed by atoms with Crippen LogP contribution in [-0.2, 0) is 10.2 Å². The van der Waals surface area contributed by atoms with Crippen LogP contribution in [0.4, 0.5) is 0 Å². The maximum absolute atomic E-state index is 13.3. The Bertz CT molecular complexity index is 751. The monoisotopic (exact) mass is 353 g/mol. The summed E-state index contributed by atoms with van der Waals surface area (Å²) in [6.45, 7) is 1.99. The second kappa shape index (κ2) is 7.81. The molecule has 1 fully saturated rings. The average molecular weight is 353 g/mol. The Morgan fingerprint density at radius 1 is 1.04 bits per heavy atom. The van der Waals surface area contributed by atoms with Crippen LogP contribution < -0.4 is 14.8 Å². The number of hydrogen-bond donors (Lipinski definition) is 1. The molecule has 1 atom stereocenters. The third-order valence-electron chi connectivity index (χ3n) is 5.47. The van der Waals surface area contributed by atoms with E-state index < -0.39 is 5.41 Å². The van der Waals surface area contributed by atoms with Crippen LogP contribution in [0, 0.1) is 0 Å². The Balaban J connectivity index is 1.87. The normalized spacial score (nSPS) is 16.7. The molecule has 0 bridgehead atoms. The lowest BCUT2D eigenvalue weighted by Crippen LogP contribution is -2.43. The van der Waals surface area contributed by atoms with Gasteiger partial charge in [-0.15, -0.1) is 0 Å². The molecule has 0 saturated heterocycles. The maximum atomic E-state index is 13.3. The number of amides is 1. The number of ether oxygens (including phenoxy) is 2. The molecule has 0 aromatic heterocycles. The van der Waals surface area contributed by atoms with E-state index in [9.17, 15) is 4.79 Å². The molecule has 1 amide bonds. The molecule has 1 N–H and O–H groups in total. The minimum atomic E-state index is -0.429. The van der Waals surface area contributed by atoms with Crippen molar-refractivity contribution in [3.8, 4) is 11.5 Å². The van der Waals surface area contributed by atoms with E-state index in [0.29, 0.717) is 0 Å². The molecule has 1 aliphatic rings. The number of methoxy groups -OCH3 is 2. The zero-order valence-electron chi connectivity index (χ0n) is 15.7. The second-order valence-electron chi connectivity index (χ2n) is 6.96. The predicted octanol–water partition coefficient (Wildman–Crippen LogP) is 4.39. The van der Waals surface area contributed by atoms with Gasteiger partial charge >= 0.3 is 0 Å². The Hall–Kier alpha value is -2.49. The summed E-state index contributed by atoms with van der Waals surface area (Å²) in [4.78, 5) is 13.3. The van der Waals surface area contributed by atoms with Crippen molar-refractivity contribution in [3.63, 3.8) is 0 Å². The smallest absolute Gasteiger partial charge is 0.231 e. The molecule has 0 radical (unpaired) electrons. The zero-order chi connectivity index (χ0) is 18.6. The van der Waals surface area contributed by atoms with Crippen LogP contribution in [0.5, 0.6) is 11.5 Å². The average Bonchev–Trinajstić information content (AvgIpc) is 3.19. The quantitative estimate of drug-likeness (QED) is 0.838. The summed E-state index contributed by atoms with van der Waals surface area (Å²) in [5.74, 6) is 1.60. The Morgan fingerprint density at radius 3 is 2.35 bits per heavy atom. The van der Waals surface area contributed by atoms with Gasteiger partial charge in [0.1, 0.15) is 11.5 Å². The van der Waals surface area contributed by atoms with E-state index in [1.165, 1.54) is 0 Å². The summed E-state index contributed by atoms with van der Waals surface area (Å²) in [5.41, 5.74) is 1.60. The van der Waals surface area contributed by atoms with Gasteiger partial charge in [-0.05, 0) is 43.5 Å². The molecule has 26 heavy (non-hydrogen) atoms. The lowest BCUT2D eigenvalue weighted by Gasteiger charge is -2.30. The molecule has 1 unspecified atom stereocenters. The van der Waals surface area contributed by atoms with Crippen LogP contribution in [0.2, 0.25) is 0 Å². The van der Waals surface area contributed by atoms with Crippen molar-refractivity contribution in [3.05, 3.63) is 59.7 Å². The first-order valence-corrected chi connectivity index (χ1v) is 9.19. The van der Waals surface area contributed by atoms with Crippen LogP contribution in [0.25, 0.3) is 0 Å². The van der Waals surface area contributed by atoms with Gasteiger partial charge in [0.05, 0.1) is 25.7 Å². The molecule has 0 spiro atoms. The van der Waals surface area contributed by atoms with Crippen LogP contribution in [-0.4, -0.2) is 20.1 Å². The Labute approximate surface area is 155 Å². The van der Waals surface area contributed by atoms with Crippen molar-refractivity contribution in [2.24, 2.45) is 0 Å². The summed E-state index contributed by atoms with van der Waals surface area (Å²) < 4.78 is 10.8. The van der Waals surface area contributed by atoms with E-state index in [-0.39, 0.29) is 11.9 Å². The fraction of sp³-hybridized carbons (Fsp3) is 0.409. The van der Waals surface area contributed by atoms with Crippen LogP contribution in [0.3, 0.4) is 0 Å². The van der Waals surface area contributed by atoms with Crippen molar-refractivity contribution < 1.29 is 14.3 Å². The summed E-state index contributed by atoms with van der Waals surface area (Å²) in [7, 11) is 3.28. The fourth-order valence-electron chi connectivity index (χ4n) is 3.97. The van der Waals surface area contributed by atoms with Crippen LogP contribution >= 0.6 is 0 Å². The molecule has 138 valence electrons. The van der Waals surface area contributed by atoms with Crippen molar-refractivity contribution in [1.29, 1.82) is 0 Å². The lowest BCUT2D eigenvalue weighted by atomic mass is 9.77. The summed E-state index contributed by atoms with van der Waals surface area (Å²) in [6, 6.07) is 15.6. The SMILES string of the molecule is COc1ccc(OC)c(C(C)NC(=O)C2(c3ccccc3)CCCC2)c1. The fourth-order valence-corrected chi connectivity index (χ4v) is 3.97. The minimum Gasteiger partial charge on any atom is -0.497 e. The first kappa shape index (κ1) is 18.3. The summed E-state index contributed by atoms with van der Waals surface area (Å²) >= 11 is 0. The third-order valence-corrected chi connectivity index (χ3v) is 5.47. The highest BCUT2D eigenvalue weighted by Crippen LogP contribution is 2.42. The van der Waals surface area contributed by atoms with Gasteiger partial charge in [-0.25, -0.2) is 0 Å². The Kier molecular flexibility index (Phi) is 5.50. The predicted molar refractivity (Wildman–Crippen MR) is 103 cm³/mol. The molecule has 2 aromatic carbocycles. The topological polar surface area (TPSA) is 47.6 Å². The van der Waals surface area contributed by atoms with Gasteiger partial charge in [-0.1, -0.05) is 43.2 Å². The second-order valence-corrected chi connectivity index (χ2v) is 6.96. The molecule has 0 aliphatic heterocycles. The molecular formula is C22H27NO3. The van der Waals surface area contributed by atoms with Gasteiger partial charge in [0.2, 0.25) is 5.91 Å². The van der Waals surface area contributed by atoms with Gasteiger partial charge < -0.3 is 14.8 Å². The number of benzene rings is 2. The first-order valence-electron chi connectivity index (χ1n) is 9.19. The van der Waals surface area contributed by atoms with Gasteiger partial charge in [0.15, 0.2) is 0 Å². The van der Waals surface area contributed by atoms with Crippen molar-refractivity contribution in [2.45, 2.75) is 44.1 Å². The summed E-state index contributed by atoms with van der Waals surface area (Å²) in [5, 5.41) is 3.23. The maximum Gasteiger partial charge on any atom is 0.231 e. The van der Waals surface area contributed by atoms with Gasteiger partial charge in [-0.2, -0.15) is 0 Å². The largest absolute Gasteiger partial charge is 0.497 e. The molecular weight excluding hydrogens is 326 g/mol. The molecule has 2 aromatic rings. The van der Waals surface area contributed by atoms with Gasteiger partial charge in [0, 0.05) is 5.56 Å². The third kappa shape index (κ3) is 3.41. The highest BCUT2D eigenvalue weighted by Gasteiger charge is 2.43. The number of carbonyl (C=O) groups is 1. The van der Waals surface area contributed by atoms with Crippen molar-refractivity contribution in [1.82, 2.24) is 5.32 Å². The van der Waals surface area contributed by atoms with E-state index in [4.69, 9.17) is 9.47 Å². The Morgan fingerprint density at radius 2 is 1.73 bits per heavy atom. The van der Waals surface area contributed by atoms with Crippen molar-refractivity contribution in [2.75, 3.05) is 14.2 Å². The molecule has 4 heteroatoms. The lowest BCUT2D eigenvalue weighted by molar-refractivity contribution is -0.127. The van der Waals surface area contributed by atoms with E-state index in [2.05, 4.69) is 17.4 Å². The summed E-state index contributed by atoms with van der Waals surface area (Å²) in [6.07, 6.45) is 3.95. The molecule has 4 nitrogen and oxygen atoms in total.